The van der Waals surface area contributed by atoms with Crippen LogP contribution in [-0.2, 0) is 4.79 Å². The number of anilines is 1. The van der Waals surface area contributed by atoms with Crippen LogP contribution in [0.4, 0.5) is 13.9 Å². The largest absolute Gasteiger partial charge is 0.480 e. The molecule has 0 aliphatic heterocycles. The summed E-state index contributed by atoms with van der Waals surface area (Å²) in [4.78, 5) is 11.0. The molecular weight excluding hydrogens is 252 g/mol. The topological polar surface area (TPSA) is 75.1 Å². The van der Waals surface area contributed by atoms with Crippen molar-refractivity contribution in [3.8, 4) is 0 Å². The Hall–Kier alpha value is -1.31. The summed E-state index contributed by atoms with van der Waals surface area (Å²) in [6.45, 7) is 3.62. The molecule has 0 saturated carbocycles. The van der Waals surface area contributed by atoms with E-state index in [1.807, 2.05) is 6.92 Å². The third-order valence-electron chi connectivity index (χ3n) is 2.39. The van der Waals surface area contributed by atoms with Gasteiger partial charge in [-0.15, -0.1) is 10.2 Å². The van der Waals surface area contributed by atoms with Crippen molar-refractivity contribution in [3.05, 3.63) is 5.01 Å². The van der Waals surface area contributed by atoms with Crippen LogP contribution in [0.25, 0.3) is 0 Å². The number of hydrogen-bond acceptors (Lipinski definition) is 5. The van der Waals surface area contributed by atoms with Gasteiger partial charge in [-0.2, -0.15) is 0 Å². The minimum absolute atomic E-state index is 0.105. The lowest BCUT2D eigenvalue weighted by Gasteiger charge is -2.18. The van der Waals surface area contributed by atoms with E-state index in [2.05, 4.69) is 15.5 Å². The van der Waals surface area contributed by atoms with Crippen LogP contribution in [0.15, 0.2) is 0 Å². The maximum absolute atomic E-state index is 12.3. The zero-order valence-corrected chi connectivity index (χ0v) is 10.2. The number of carboxylic acids is 1. The molecule has 0 bridgehead atoms. The van der Waals surface area contributed by atoms with E-state index >= 15 is 0 Å². The van der Waals surface area contributed by atoms with Gasteiger partial charge in [0.25, 0.3) is 6.43 Å². The molecule has 2 atom stereocenters. The van der Waals surface area contributed by atoms with E-state index in [-0.39, 0.29) is 11.0 Å². The van der Waals surface area contributed by atoms with Crippen molar-refractivity contribution in [1.29, 1.82) is 0 Å². The van der Waals surface area contributed by atoms with E-state index in [1.54, 1.807) is 6.92 Å². The average molecular weight is 265 g/mol. The molecule has 1 rings (SSSR count). The SMILES string of the molecule is CC[C@H](C)[C@H](Nc1nnc(C(F)F)s1)C(=O)O. The fraction of sp³-hybridized carbons (Fsp3) is 0.667. The van der Waals surface area contributed by atoms with Gasteiger partial charge in [0.1, 0.15) is 6.04 Å². The maximum Gasteiger partial charge on any atom is 0.326 e. The first-order valence-corrected chi connectivity index (χ1v) is 5.88. The lowest BCUT2D eigenvalue weighted by atomic mass is 10.00. The van der Waals surface area contributed by atoms with Crippen LogP contribution in [0.2, 0.25) is 0 Å². The van der Waals surface area contributed by atoms with E-state index in [1.165, 1.54) is 0 Å². The van der Waals surface area contributed by atoms with Crippen LogP contribution in [0, 0.1) is 5.92 Å². The number of halogens is 2. The van der Waals surface area contributed by atoms with Gasteiger partial charge in [-0.25, -0.2) is 13.6 Å². The highest BCUT2D eigenvalue weighted by molar-refractivity contribution is 7.15. The van der Waals surface area contributed by atoms with Gasteiger partial charge >= 0.3 is 5.97 Å². The first-order chi connectivity index (χ1) is 7.95. The Balaban J connectivity index is 2.75. The van der Waals surface area contributed by atoms with Gasteiger partial charge in [0.05, 0.1) is 0 Å². The Kier molecular flexibility index (Phi) is 4.73. The van der Waals surface area contributed by atoms with Crippen LogP contribution in [-0.4, -0.2) is 27.3 Å². The number of aliphatic carboxylic acids is 1. The van der Waals surface area contributed by atoms with Crippen molar-refractivity contribution in [2.75, 3.05) is 5.32 Å². The number of alkyl halides is 2. The number of nitrogens with zero attached hydrogens (tertiary/aromatic N) is 2. The molecule has 8 heteroatoms. The number of aromatic nitrogens is 2. The van der Waals surface area contributed by atoms with Crippen molar-refractivity contribution in [1.82, 2.24) is 10.2 Å². The van der Waals surface area contributed by atoms with Crippen LogP contribution >= 0.6 is 11.3 Å². The molecule has 0 fully saturated rings. The van der Waals surface area contributed by atoms with E-state index in [0.717, 1.165) is 0 Å². The fourth-order valence-corrected chi connectivity index (χ4v) is 1.83. The zero-order valence-electron chi connectivity index (χ0n) is 9.35. The van der Waals surface area contributed by atoms with E-state index in [0.29, 0.717) is 17.8 Å². The highest BCUT2D eigenvalue weighted by atomic mass is 32.1. The monoisotopic (exact) mass is 265 g/mol. The second-order valence-corrected chi connectivity index (χ2v) is 4.60. The molecule has 0 aromatic carbocycles. The second kappa shape index (κ2) is 5.85. The third-order valence-corrected chi connectivity index (χ3v) is 3.25. The number of nitrogens with one attached hydrogen (secondary N) is 1. The van der Waals surface area contributed by atoms with Gasteiger partial charge in [0.15, 0.2) is 5.01 Å². The number of carboxylic acid groups (broad SMARTS) is 1. The van der Waals surface area contributed by atoms with Crippen molar-refractivity contribution < 1.29 is 18.7 Å². The molecule has 0 spiro atoms. The zero-order chi connectivity index (χ0) is 13.0. The summed E-state index contributed by atoms with van der Waals surface area (Å²) in [5.41, 5.74) is 0. The molecule has 96 valence electrons. The minimum Gasteiger partial charge on any atom is -0.480 e. The van der Waals surface area contributed by atoms with E-state index in [9.17, 15) is 13.6 Å². The van der Waals surface area contributed by atoms with E-state index < -0.39 is 23.4 Å². The van der Waals surface area contributed by atoms with Crippen LogP contribution in [0.3, 0.4) is 0 Å². The highest BCUT2D eigenvalue weighted by Gasteiger charge is 2.25. The molecule has 0 saturated heterocycles. The summed E-state index contributed by atoms with van der Waals surface area (Å²) in [5, 5.41) is 18.1. The lowest BCUT2D eigenvalue weighted by Crippen LogP contribution is -2.35. The highest BCUT2D eigenvalue weighted by Crippen LogP contribution is 2.26. The summed E-state index contributed by atoms with van der Waals surface area (Å²) >= 11 is 0.668. The van der Waals surface area contributed by atoms with Crippen LogP contribution in [0.5, 0.6) is 0 Å². The summed E-state index contributed by atoms with van der Waals surface area (Å²) in [5.74, 6) is -1.17. The van der Waals surface area contributed by atoms with Crippen LogP contribution in [0.1, 0.15) is 31.7 Å². The van der Waals surface area contributed by atoms with E-state index in [4.69, 9.17) is 5.11 Å². The number of carbonyl (C=O) groups is 1. The third kappa shape index (κ3) is 3.58. The van der Waals surface area contributed by atoms with Gasteiger partial charge < -0.3 is 10.4 Å². The smallest absolute Gasteiger partial charge is 0.326 e. The Bertz CT molecular complexity index is 386. The van der Waals surface area contributed by atoms with Gasteiger partial charge in [-0.3, -0.25) is 0 Å². The molecule has 1 heterocycles. The first-order valence-electron chi connectivity index (χ1n) is 5.06. The lowest BCUT2D eigenvalue weighted by molar-refractivity contribution is -0.139. The number of rotatable bonds is 6. The molecule has 0 radical (unpaired) electrons. The van der Waals surface area contributed by atoms with Gasteiger partial charge in [0, 0.05) is 0 Å². The molecule has 0 amide bonds. The van der Waals surface area contributed by atoms with Gasteiger partial charge in [0.2, 0.25) is 5.13 Å². The minimum atomic E-state index is -2.69. The van der Waals surface area contributed by atoms with Crippen molar-refractivity contribution in [2.24, 2.45) is 5.92 Å². The molecule has 1 aromatic rings. The summed E-state index contributed by atoms with van der Waals surface area (Å²) < 4.78 is 24.5. The quantitative estimate of drug-likeness (QED) is 0.826. The number of hydrogen-bond donors (Lipinski definition) is 2. The molecule has 1 aromatic heterocycles. The second-order valence-electron chi connectivity index (χ2n) is 3.59. The predicted octanol–water partition coefficient (Wildman–Crippen LogP) is 2.39. The van der Waals surface area contributed by atoms with Crippen molar-refractivity contribution in [3.63, 3.8) is 0 Å². The normalized spacial score (nSPS) is 14.6. The summed E-state index contributed by atoms with van der Waals surface area (Å²) in [7, 11) is 0. The van der Waals surface area contributed by atoms with Gasteiger partial charge in [-0.1, -0.05) is 31.6 Å². The summed E-state index contributed by atoms with van der Waals surface area (Å²) in [6.07, 6.45) is -2.03. The first kappa shape index (κ1) is 13.8. The fourth-order valence-electron chi connectivity index (χ4n) is 1.20. The molecule has 0 aliphatic carbocycles. The standard InChI is InChI=1S/C9H13F2N3O2S/c1-3-4(2)5(8(15)16)12-9-14-13-7(17-9)6(10)11/h4-6H,3H2,1-2H3,(H,12,14)(H,15,16)/t4-,5-/m0/s1. The molecule has 2 N–H and O–H groups in total. The van der Waals surface area contributed by atoms with Crippen molar-refractivity contribution >= 4 is 22.4 Å². The average Bonchev–Trinajstić information content (AvgIpc) is 2.73. The van der Waals surface area contributed by atoms with Gasteiger partial charge in [-0.05, 0) is 5.92 Å². The molecular formula is C9H13F2N3O2S. The van der Waals surface area contributed by atoms with Crippen LogP contribution < -0.4 is 5.32 Å². The molecule has 0 aliphatic rings. The Labute approximate surface area is 101 Å². The molecule has 0 unspecified atom stereocenters. The molecule has 5 nitrogen and oxygen atoms in total. The Morgan fingerprint density at radius 3 is 2.59 bits per heavy atom. The molecule has 17 heavy (non-hydrogen) atoms. The summed E-state index contributed by atoms with van der Waals surface area (Å²) in [6, 6.07) is -0.849. The maximum atomic E-state index is 12.3. The predicted molar refractivity (Wildman–Crippen MR) is 59.4 cm³/mol. The Morgan fingerprint density at radius 1 is 1.53 bits per heavy atom. The Morgan fingerprint density at radius 2 is 2.18 bits per heavy atom. The van der Waals surface area contributed by atoms with Crippen molar-refractivity contribution in [2.45, 2.75) is 32.7 Å².